The average Bonchev–Trinajstić information content (AvgIpc) is 3.10. The number of hydrogen-bond acceptors (Lipinski definition) is 6. The standard InChI is InChI=1S/C13H14N4O3S2/c18-13(11-10-14-3-4-15-11)16-5-7-17(8-6-16)22(19,20)12-2-1-9-21-12/h1-4,9-10H,5-8H2. The minimum Gasteiger partial charge on any atom is -0.335 e. The van der Waals surface area contributed by atoms with Crippen LogP contribution in [-0.2, 0) is 10.0 Å². The minimum atomic E-state index is -3.45. The van der Waals surface area contributed by atoms with Gasteiger partial charge in [-0.15, -0.1) is 11.3 Å². The highest BCUT2D eigenvalue weighted by Gasteiger charge is 2.31. The van der Waals surface area contributed by atoms with Crippen molar-refractivity contribution in [3.8, 4) is 0 Å². The molecule has 2 aromatic heterocycles. The lowest BCUT2D eigenvalue weighted by Gasteiger charge is -2.33. The minimum absolute atomic E-state index is 0.221. The zero-order valence-electron chi connectivity index (χ0n) is 11.6. The summed E-state index contributed by atoms with van der Waals surface area (Å²) in [6.07, 6.45) is 4.38. The van der Waals surface area contributed by atoms with E-state index in [1.54, 1.807) is 22.4 Å². The normalized spacial score (nSPS) is 16.6. The van der Waals surface area contributed by atoms with Crippen LogP contribution in [0.5, 0.6) is 0 Å². The number of hydrogen-bond donors (Lipinski definition) is 0. The number of thiophene rings is 1. The van der Waals surface area contributed by atoms with Crippen LogP contribution < -0.4 is 0 Å². The van der Waals surface area contributed by atoms with E-state index in [1.165, 1.54) is 34.2 Å². The van der Waals surface area contributed by atoms with E-state index in [0.29, 0.717) is 17.3 Å². The molecule has 0 atom stereocenters. The van der Waals surface area contributed by atoms with Crippen LogP contribution in [0.15, 0.2) is 40.3 Å². The number of sulfonamides is 1. The summed E-state index contributed by atoms with van der Waals surface area (Å²) in [6.45, 7) is 1.26. The van der Waals surface area contributed by atoms with Crippen LogP contribution in [0.4, 0.5) is 0 Å². The zero-order valence-corrected chi connectivity index (χ0v) is 13.3. The van der Waals surface area contributed by atoms with Crippen LogP contribution in [0, 0.1) is 0 Å². The Hall–Kier alpha value is -1.84. The molecular weight excluding hydrogens is 324 g/mol. The third-order valence-corrected chi connectivity index (χ3v) is 6.67. The summed E-state index contributed by atoms with van der Waals surface area (Å²) >= 11 is 1.20. The van der Waals surface area contributed by atoms with Gasteiger partial charge in [-0.25, -0.2) is 13.4 Å². The number of carbonyl (C=O) groups excluding carboxylic acids is 1. The van der Waals surface area contributed by atoms with Gasteiger partial charge < -0.3 is 4.90 Å². The van der Waals surface area contributed by atoms with Crippen molar-refractivity contribution < 1.29 is 13.2 Å². The van der Waals surface area contributed by atoms with Gasteiger partial charge in [0.1, 0.15) is 9.90 Å². The van der Waals surface area contributed by atoms with Gasteiger partial charge in [0, 0.05) is 38.6 Å². The Balaban J connectivity index is 1.67. The molecule has 0 spiro atoms. The molecule has 0 aliphatic carbocycles. The lowest BCUT2D eigenvalue weighted by molar-refractivity contribution is 0.0691. The third-order valence-electron chi connectivity index (χ3n) is 3.40. The second kappa shape index (κ2) is 6.11. The first-order valence-electron chi connectivity index (χ1n) is 6.68. The predicted molar refractivity (Wildman–Crippen MR) is 81.0 cm³/mol. The lowest BCUT2D eigenvalue weighted by atomic mass is 10.3. The lowest BCUT2D eigenvalue weighted by Crippen LogP contribution is -2.50. The molecule has 1 amide bonds. The molecule has 0 N–H and O–H groups in total. The maximum Gasteiger partial charge on any atom is 0.274 e. The zero-order chi connectivity index (χ0) is 15.6. The van der Waals surface area contributed by atoms with Crippen molar-refractivity contribution in [3.05, 3.63) is 41.8 Å². The summed E-state index contributed by atoms with van der Waals surface area (Å²) in [5, 5.41) is 1.74. The molecule has 116 valence electrons. The Morgan fingerprint density at radius 2 is 1.95 bits per heavy atom. The number of amides is 1. The summed E-state index contributed by atoms with van der Waals surface area (Å²) in [5.41, 5.74) is 0.275. The fourth-order valence-electron chi connectivity index (χ4n) is 2.24. The Morgan fingerprint density at radius 3 is 2.55 bits per heavy atom. The van der Waals surface area contributed by atoms with Crippen molar-refractivity contribution in [2.24, 2.45) is 0 Å². The fraction of sp³-hybridized carbons (Fsp3) is 0.308. The molecule has 1 saturated heterocycles. The second-order valence-electron chi connectivity index (χ2n) is 4.72. The number of aromatic nitrogens is 2. The van der Waals surface area contributed by atoms with Gasteiger partial charge in [-0.2, -0.15) is 4.31 Å². The van der Waals surface area contributed by atoms with Gasteiger partial charge in [0.15, 0.2) is 0 Å². The average molecular weight is 338 g/mol. The van der Waals surface area contributed by atoms with Crippen molar-refractivity contribution >= 4 is 27.3 Å². The summed E-state index contributed by atoms with van der Waals surface area (Å²) in [6, 6.07) is 3.31. The Bertz CT molecular complexity index is 739. The number of carbonyl (C=O) groups is 1. The van der Waals surface area contributed by atoms with Crippen LogP contribution in [0.25, 0.3) is 0 Å². The van der Waals surface area contributed by atoms with Crippen molar-refractivity contribution in [3.63, 3.8) is 0 Å². The summed E-state index contributed by atoms with van der Waals surface area (Å²) in [4.78, 5) is 21.7. The van der Waals surface area contributed by atoms with Gasteiger partial charge in [0.25, 0.3) is 15.9 Å². The maximum absolute atomic E-state index is 12.4. The fourth-order valence-corrected chi connectivity index (χ4v) is 4.81. The van der Waals surface area contributed by atoms with Crippen LogP contribution in [0.2, 0.25) is 0 Å². The van der Waals surface area contributed by atoms with Crippen LogP contribution >= 0.6 is 11.3 Å². The van der Waals surface area contributed by atoms with E-state index in [0.717, 1.165) is 0 Å². The van der Waals surface area contributed by atoms with Gasteiger partial charge >= 0.3 is 0 Å². The Labute approximate surface area is 132 Å². The molecule has 22 heavy (non-hydrogen) atoms. The van der Waals surface area contributed by atoms with E-state index in [9.17, 15) is 13.2 Å². The van der Waals surface area contributed by atoms with Crippen molar-refractivity contribution in [2.75, 3.05) is 26.2 Å². The molecule has 0 unspecified atom stereocenters. The van der Waals surface area contributed by atoms with Crippen molar-refractivity contribution in [2.45, 2.75) is 4.21 Å². The smallest absolute Gasteiger partial charge is 0.274 e. The van der Waals surface area contributed by atoms with E-state index in [4.69, 9.17) is 0 Å². The monoisotopic (exact) mass is 338 g/mol. The van der Waals surface area contributed by atoms with E-state index < -0.39 is 10.0 Å². The molecule has 0 radical (unpaired) electrons. The molecule has 0 aromatic carbocycles. The van der Waals surface area contributed by atoms with E-state index in [2.05, 4.69) is 9.97 Å². The van der Waals surface area contributed by atoms with Crippen LogP contribution in [0.3, 0.4) is 0 Å². The number of piperazine rings is 1. The summed E-state index contributed by atoms with van der Waals surface area (Å²) < 4.78 is 26.6. The topological polar surface area (TPSA) is 83.5 Å². The van der Waals surface area contributed by atoms with E-state index in [1.807, 2.05) is 0 Å². The van der Waals surface area contributed by atoms with Crippen LogP contribution in [-0.4, -0.2) is 59.7 Å². The molecule has 0 saturated carbocycles. The summed E-state index contributed by atoms with van der Waals surface area (Å²) in [5.74, 6) is -0.221. The second-order valence-corrected chi connectivity index (χ2v) is 7.83. The summed E-state index contributed by atoms with van der Waals surface area (Å²) in [7, 11) is -3.45. The van der Waals surface area contributed by atoms with E-state index >= 15 is 0 Å². The highest BCUT2D eigenvalue weighted by molar-refractivity contribution is 7.91. The first-order valence-corrected chi connectivity index (χ1v) is 9.00. The van der Waals surface area contributed by atoms with E-state index in [-0.39, 0.29) is 24.7 Å². The first kappa shape index (κ1) is 15.1. The van der Waals surface area contributed by atoms with Crippen molar-refractivity contribution in [1.82, 2.24) is 19.2 Å². The molecule has 1 aliphatic heterocycles. The Kier molecular flexibility index (Phi) is 4.19. The highest BCUT2D eigenvalue weighted by atomic mass is 32.2. The Morgan fingerprint density at radius 1 is 1.18 bits per heavy atom. The molecule has 0 bridgehead atoms. The van der Waals surface area contributed by atoms with Gasteiger partial charge in [-0.05, 0) is 11.4 Å². The largest absolute Gasteiger partial charge is 0.335 e. The maximum atomic E-state index is 12.4. The molecular formula is C13H14N4O3S2. The van der Waals surface area contributed by atoms with Crippen molar-refractivity contribution in [1.29, 1.82) is 0 Å². The molecule has 7 nitrogen and oxygen atoms in total. The predicted octanol–water partition coefficient (Wildman–Crippen LogP) is 0.685. The van der Waals surface area contributed by atoms with Gasteiger partial charge in [0.2, 0.25) is 0 Å². The van der Waals surface area contributed by atoms with Gasteiger partial charge in [-0.1, -0.05) is 6.07 Å². The molecule has 9 heteroatoms. The molecule has 2 aromatic rings. The molecule has 3 heterocycles. The van der Waals surface area contributed by atoms with Crippen LogP contribution in [0.1, 0.15) is 10.5 Å². The number of nitrogens with zero attached hydrogens (tertiary/aromatic N) is 4. The molecule has 1 fully saturated rings. The SMILES string of the molecule is O=C(c1cnccn1)N1CCN(S(=O)(=O)c2cccs2)CC1. The highest BCUT2D eigenvalue weighted by Crippen LogP contribution is 2.22. The van der Waals surface area contributed by atoms with Gasteiger partial charge in [-0.3, -0.25) is 9.78 Å². The molecule has 1 aliphatic rings. The quantitative estimate of drug-likeness (QED) is 0.822. The number of rotatable bonds is 3. The molecule has 3 rings (SSSR count). The first-order chi connectivity index (χ1) is 10.6. The van der Waals surface area contributed by atoms with Gasteiger partial charge in [0.05, 0.1) is 6.20 Å². The third kappa shape index (κ3) is 2.87.